The lowest BCUT2D eigenvalue weighted by atomic mass is 10.1. The molecule has 2 rings (SSSR count). The summed E-state index contributed by atoms with van der Waals surface area (Å²) < 4.78 is 0. The van der Waals surface area contributed by atoms with Crippen LogP contribution in [-0.4, -0.2) is 16.1 Å². The van der Waals surface area contributed by atoms with Crippen molar-refractivity contribution in [3.63, 3.8) is 0 Å². The van der Waals surface area contributed by atoms with E-state index in [2.05, 4.69) is 4.98 Å². The van der Waals surface area contributed by atoms with Gasteiger partial charge in [0.1, 0.15) is 5.56 Å². The minimum absolute atomic E-state index is 0.0554. The SMILES string of the molecule is O=C(O)c1c(Cl)cc(Cl)c2cc(Cl)cnc12. The van der Waals surface area contributed by atoms with Gasteiger partial charge in [0.05, 0.1) is 20.6 Å². The van der Waals surface area contributed by atoms with Crippen molar-refractivity contribution in [3.05, 3.63) is 39.0 Å². The van der Waals surface area contributed by atoms with Gasteiger partial charge < -0.3 is 5.11 Å². The van der Waals surface area contributed by atoms with Crippen LogP contribution < -0.4 is 0 Å². The zero-order valence-corrected chi connectivity index (χ0v) is 9.94. The number of carbonyl (C=O) groups is 1. The van der Waals surface area contributed by atoms with E-state index in [1.54, 1.807) is 6.07 Å². The predicted molar refractivity (Wildman–Crippen MR) is 63.7 cm³/mol. The molecule has 0 aliphatic heterocycles. The van der Waals surface area contributed by atoms with Crippen LogP contribution in [0.3, 0.4) is 0 Å². The van der Waals surface area contributed by atoms with Crippen molar-refractivity contribution in [1.29, 1.82) is 0 Å². The highest BCUT2D eigenvalue weighted by molar-refractivity contribution is 6.41. The number of hydrogen-bond acceptors (Lipinski definition) is 2. The van der Waals surface area contributed by atoms with E-state index >= 15 is 0 Å². The number of aromatic nitrogens is 1. The maximum Gasteiger partial charge on any atom is 0.339 e. The first-order valence-corrected chi connectivity index (χ1v) is 5.30. The van der Waals surface area contributed by atoms with Gasteiger partial charge in [0, 0.05) is 11.6 Å². The highest BCUT2D eigenvalue weighted by Gasteiger charge is 2.17. The van der Waals surface area contributed by atoms with Crippen molar-refractivity contribution in [3.8, 4) is 0 Å². The summed E-state index contributed by atoms with van der Waals surface area (Å²) in [4.78, 5) is 15.0. The molecule has 1 heterocycles. The zero-order valence-electron chi connectivity index (χ0n) is 7.67. The lowest BCUT2D eigenvalue weighted by molar-refractivity contribution is 0.0699. The molecule has 0 bridgehead atoms. The fraction of sp³-hybridized carbons (Fsp3) is 0. The maximum absolute atomic E-state index is 11.0. The van der Waals surface area contributed by atoms with E-state index in [1.165, 1.54) is 12.3 Å². The monoisotopic (exact) mass is 275 g/mol. The average Bonchev–Trinajstić information content (AvgIpc) is 2.18. The Bertz CT molecular complexity index is 598. The van der Waals surface area contributed by atoms with Gasteiger partial charge in [-0.15, -0.1) is 0 Å². The molecule has 16 heavy (non-hydrogen) atoms. The van der Waals surface area contributed by atoms with Gasteiger partial charge in [-0.2, -0.15) is 0 Å². The molecule has 0 aliphatic rings. The second kappa shape index (κ2) is 4.09. The van der Waals surface area contributed by atoms with Gasteiger partial charge in [-0.25, -0.2) is 4.79 Å². The molecule has 0 saturated carbocycles. The maximum atomic E-state index is 11.0. The van der Waals surface area contributed by atoms with E-state index < -0.39 is 5.97 Å². The first-order chi connectivity index (χ1) is 7.50. The van der Waals surface area contributed by atoms with Crippen LogP contribution in [0.5, 0.6) is 0 Å². The second-order valence-corrected chi connectivity index (χ2v) is 4.32. The number of aromatic carboxylic acids is 1. The van der Waals surface area contributed by atoms with Gasteiger partial charge in [-0.3, -0.25) is 4.98 Å². The fourth-order valence-corrected chi connectivity index (χ4v) is 2.14. The van der Waals surface area contributed by atoms with E-state index in [0.717, 1.165) is 0 Å². The van der Waals surface area contributed by atoms with Crippen molar-refractivity contribution in [2.75, 3.05) is 0 Å². The van der Waals surface area contributed by atoms with Crippen LogP contribution in [0.4, 0.5) is 0 Å². The molecular formula is C10H4Cl3NO2. The Kier molecular flexibility index (Phi) is 2.93. The summed E-state index contributed by atoms with van der Waals surface area (Å²) in [6.45, 7) is 0. The summed E-state index contributed by atoms with van der Waals surface area (Å²) in [6.07, 6.45) is 1.35. The molecule has 0 amide bonds. The molecule has 0 spiro atoms. The number of pyridine rings is 1. The number of carboxylic acid groups (broad SMARTS) is 1. The van der Waals surface area contributed by atoms with Gasteiger partial charge in [-0.05, 0) is 12.1 Å². The van der Waals surface area contributed by atoms with Crippen LogP contribution in [0.2, 0.25) is 15.1 Å². The minimum Gasteiger partial charge on any atom is -0.478 e. The smallest absolute Gasteiger partial charge is 0.339 e. The predicted octanol–water partition coefficient (Wildman–Crippen LogP) is 3.89. The Hall–Kier alpha value is -1.03. The summed E-state index contributed by atoms with van der Waals surface area (Å²) in [5.41, 5.74) is 0.159. The summed E-state index contributed by atoms with van der Waals surface area (Å²) in [5.74, 6) is -1.15. The first kappa shape index (κ1) is 11.5. The number of nitrogens with zero attached hydrogens (tertiary/aromatic N) is 1. The topological polar surface area (TPSA) is 50.2 Å². The molecule has 1 aromatic carbocycles. The van der Waals surface area contributed by atoms with Crippen molar-refractivity contribution >= 4 is 51.7 Å². The fourth-order valence-electron chi connectivity index (χ4n) is 1.40. The van der Waals surface area contributed by atoms with Crippen LogP contribution in [0.15, 0.2) is 18.3 Å². The van der Waals surface area contributed by atoms with Crippen molar-refractivity contribution in [1.82, 2.24) is 4.98 Å². The number of benzene rings is 1. The Labute approximate surface area is 106 Å². The molecule has 3 nitrogen and oxygen atoms in total. The lowest BCUT2D eigenvalue weighted by Gasteiger charge is -2.06. The highest BCUT2D eigenvalue weighted by Crippen LogP contribution is 2.32. The summed E-state index contributed by atoms with van der Waals surface area (Å²) in [5, 5.41) is 10.2. The first-order valence-electron chi connectivity index (χ1n) is 4.17. The molecule has 82 valence electrons. The van der Waals surface area contributed by atoms with Crippen LogP contribution >= 0.6 is 34.8 Å². The molecule has 1 N–H and O–H groups in total. The molecular weight excluding hydrogens is 272 g/mol. The molecule has 0 unspecified atom stereocenters. The van der Waals surface area contributed by atoms with Gasteiger partial charge in [0.25, 0.3) is 0 Å². The summed E-state index contributed by atoms with van der Waals surface area (Å²) in [6, 6.07) is 2.92. The van der Waals surface area contributed by atoms with Crippen LogP contribution in [0, 0.1) is 0 Å². The summed E-state index contributed by atoms with van der Waals surface area (Å²) in [7, 11) is 0. The van der Waals surface area contributed by atoms with E-state index in [9.17, 15) is 4.79 Å². The molecule has 0 fully saturated rings. The van der Waals surface area contributed by atoms with E-state index in [1.807, 2.05) is 0 Å². The second-order valence-electron chi connectivity index (χ2n) is 3.07. The number of fused-ring (bicyclic) bond motifs is 1. The van der Waals surface area contributed by atoms with Gasteiger partial charge >= 0.3 is 5.97 Å². The van der Waals surface area contributed by atoms with E-state index in [4.69, 9.17) is 39.9 Å². The number of rotatable bonds is 1. The summed E-state index contributed by atoms with van der Waals surface area (Å²) >= 11 is 17.5. The quantitative estimate of drug-likeness (QED) is 0.859. The zero-order chi connectivity index (χ0) is 11.9. The van der Waals surface area contributed by atoms with Gasteiger partial charge in [0.15, 0.2) is 0 Å². The largest absolute Gasteiger partial charge is 0.478 e. The van der Waals surface area contributed by atoms with Crippen molar-refractivity contribution in [2.45, 2.75) is 0 Å². The van der Waals surface area contributed by atoms with Crippen LogP contribution in [0.25, 0.3) is 10.9 Å². The third-order valence-electron chi connectivity index (χ3n) is 2.05. The molecule has 0 radical (unpaired) electrons. The van der Waals surface area contributed by atoms with Crippen LogP contribution in [-0.2, 0) is 0 Å². The Morgan fingerprint density at radius 3 is 2.50 bits per heavy atom. The lowest BCUT2D eigenvalue weighted by Crippen LogP contribution is -2.00. The van der Waals surface area contributed by atoms with E-state index in [0.29, 0.717) is 15.4 Å². The molecule has 2 aromatic rings. The molecule has 0 aliphatic carbocycles. The minimum atomic E-state index is -1.15. The van der Waals surface area contributed by atoms with E-state index in [-0.39, 0.29) is 16.1 Å². The normalized spacial score (nSPS) is 10.7. The number of hydrogen-bond donors (Lipinski definition) is 1. The standard InChI is InChI=1S/C10H4Cl3NO2/c11-4-1-5-6(12)2-7(13)8(10(15)16)9(5)14-3-4/h1-3H,(H,15,16). The average molecular weight is 277 g/mol. The van der Waals surface area contributed by atoms with Crippen molar-refractivity contribution < 1.29 is 9.90 Å². The van der Waals surface area contributed by atoms with Gasteiger partial charge in [0.2, 0.25) is 0 Å². The number of carboxylic acids is 1. The molecule has 0 atom stereocenters. The Balaban J connectivity index is 2.95. The van der Waals surface area contributed by atoms with Crippen LogP contribution in [0.1, 0.15) is 10.4 Å². The molecule has 6 heteroatoms. The third-order valence-corrected chi connectivity index (χ3v) is 2.87. The highest BCUT2D eigenvalue weighted by atomic mass is 35.5. The van der Waals surface area contributed by atoms with Gasteiger partial charge in [-0.1, -0.05) is 34.8 Å². The molecule has 0 saturated heterocycles. The van der Waals surface area contributed by atoms with Crippen molar-refractivity contribution in [2.24, 2.45) is 0 Å². The third kappa shape index (κ3) is 1.82. The number of halogens is 3. The molecule has 1 aromatic heterocycles. The Morgan fingerprint density at radius 1 is 1.19 bits per heavy atom. The Morgan fingerprint density at radius 2 is 1.88 bits per heavy atom.